The fraction of sp³-hybridized carbons (Fsp3) is 0.0385. The van der Waals surface area contributed by atoms with Gasteiger partial charge in [-0.15, -0.1) is 0 Å². The van der Waals surface area contributed by atoms with E-state index in [-0.39, 0.29) is 0 Å². The largest absolute Gasteiger partial charge is 0.344 e. The average Bonchev–Trinajstić information content (AvgIpc) is 1.55. The summed E-state index contributed by atoms with van der Waals surface area (Å²) in [7, 11) is 6.48. The molecule has 0 aliphatic heterocycles. The molecule has 0 fully saturated rings. The molecular weight excluding hydrogens is 1420 g/mol. The molecule has 538 valence electrons. The van der Waals surface area contributed by atoms with E-state index in [0.717, 1.165) is 225 Å². The Bertz CT molecular complexity index is 8800. The van der Waals surface area contributed by atoms with Crippen molar-refractivity contribution in [3.05, 3.63) is 337 Å². The minimum atomic E-state index is 0.486. The molecule has 12 heteroatoms. The monoisotopic (exact) mass is 1480 g/mol. The zero-order valence-corrected chi connectivity index (χ0v) is 63.0. The van der Waals surface area contributed by atoms with Gasteiger partial charge in [0.25, 0.3) is 0 Å². The van der Waals surface area contributed by atoms with Crippen LogP contribution in [0.2, 0.25) is 0 Å². The Morgan fingerprint density at radius 3 is 1.02 bits per heavy atom. The second-order valence-electron chi connectivity index (χ2n) is 30.9. The first-order valence-electron chi connectivity index (χ1n) is 39.0. The normalized spacial score (nSPS) is 12.1. The van der Waals surface area contributed by atoms with Gasteiger partial charge in [-0.3, -0.25) is 0 Å². The Balaban J connectivity index is 0.763. The van der Waals surface area contributed by atoms with Gasteiger partial charge in [-0.25, -0.2) is 0 Å². The number of nitrogens with zero attached hydrogens (tertiary/aromatic N) is 12. The van der Waals surface area contributed by atoms with Gasteiger partial charge < -0.3 is 36.5 Å². The molecular formula is C104H62N12. The van der Waals surface area contributed by atoms with Crippen LogP contribution in [0.15, 0.2) is 309 Å². The molecule has 0 atom stereocenters. The summed E-state index contributed by atoms with van der Waals surface area (Å²) >= 11 is 0. The topological polar surface area (TPSA) is 135 Å². The van der Waals surface area contributed by atoms with Crippen LogP contribution in [0, 0.1) is 45.3 Å². The molecule has 0 bridgehead atoms. The van der Waals surface area contributed by atoms with Crippen molar-refractivity contribution in [2.45, 2.75) is 6.54 Å². The molecule has 16 aromatic carbocycles. The second kappa shape index (κ2) is 24.0. The van der Waals surface area contributed by atoms with Gasteiger partial charge in [-0.05, 0) is 126 Å². The van der Waals surface area contributed by atoms with Crippen LogP contribution in [-0.4, -0.2) is 36.5 Å². The SMILES string of the molecule is Cn1c2ccccc2c2c1ccc1c3ccccc3n(-c3cc(C#N)cc(-n4c5ccccc5c5ccc6c(c7ccccc7n6Cc6cccc7c6c6ccc8c9ccccc9n(-c9cc(C#N)cc(-n%10c%11ccccc%11c%11ccc%12c%13ccccc%13n(C)c%12c%11%10)c9-c9cccc(C#N)c9)c8c6n7C)c54)c3-c3cccc(C#N)c3)c12. The zero-order chi connectivity index (χ0) is 77.2. The van der Waals surface area contributed by atoms with Crippen molar-refractivity contribution in [2.75, 3.05) is 0 Å². The van der Waals surface area contributed by atoms with Crippen LogP contribution in [-0.2, 0) is 27.7 Å². The van der Waals surface area contributed by atoms with Gasteiger partial charge in [0.15, 0.2) is 0 Å². The predicted molar refractivity (Wildman–Crippen MR) is 474 cm³/mol. The molecule has 0 saturated carbocycles. The molecule has 116 heavy (non-hydrogen) atoms. The van der Waals surface area contributed by atoms with Gasteiger partial charge >= 0.3 is 0 Å². The first kappa shape index (κ1) is 64.7. The lowest BCUT2D eigenvalue weighted by molar-refractivity contribution is 0.876. The molecule has 0 amide bonds. The Kier molecular flexibility index (Phi) is 13.4. The van der Waals surface area contributed by atoms with E-state index in [1.165, 1.54) is 0 Å². The van der Waals surface area contributed by atoms with E-state index >= 15 is 0 Å². The number of nitriles is 4. The summed E-state index contributed by atoms with van der Waals surface area (Å²) in [5.41, 5.74) is 26.4. The van der Waals surface area contributed by atoms with Crippen LogP contribution in [0.25, 0.3) is 219 Å². The van der Waals surface area contributed by atoms with E-state index in [1.54, 1.807) is 0 Å². The van der Waals surface area contributed by atoms with Crippen molar-refractivity contribution in [3.63, 3.8) is 0 Å². The van der Waals surface area contributed by atoms with Crippen molar-refractivity contribution in [3.8, 4) is 69.3 Å². The van der Waals surface area contributed by atoms with E-state index in [4.69, 9.17) is 0 Å². The van der Waals surface area contributed by atoms with Gasteiger partial charge in [0.1, 0.15) is 0 Å². The summed E-state index contributed by atoms with van der Waals surface area (Å²) in [6.07, 6.45) is 0. The zero-order valence-electron chi connectivity index (χ0n) is 63.0. The molecule has 0 N–H and O–H groups in total. The molecule has 24 aromatic rings. The smallest absolute Gasteiger partial charge is 0.0993 e. The number of aromatic nitrogens is 8. The molecule has 8 heterocycles. The molecule has 0 radical (unpaired) electrons. The second-order valence-corrected chi connectivity index (χ2v) is 30.9. The summed E-state index contributed by atoms with van der Waals surface area (Å²) in [6, 6.07) is 120. The first-order valence-corrected chi connectivity index (χ1v) is 39.0. The van der Waals surface area contributed by atoms with Crippen molar-refractivity contribution < 1.29 is 0 Å². The highest BCUT2D eigenvalue weighted by molar-refractivity contribution is 6.30. The van der Waals surface area contributed by atoms with E-state index in [0.29, 0.717) is 28.8 Å². The number of rotatable bonds is 8. The molecule has 0 aliphatic carbocycles. The minimum absolute atomic E-state index is 0.486. The van der Waals surface area contributed by atoms with Crippen LogP contribution < -0.4 is 0 Å². The molecule has 8 aromatic heterocycles. The Morgan fingerprint density at radius 2 is 0.543 bits per heavy atom. The number of benzene rings is 16. The summed E-state index contributed by atoms with van der Waals surface area (Å²) in [5.74, 6) is 0. The van der Waals surface area contributed by atoms with Gasteiger partial charge in [0, 0.05) is 147 Å². The molecule has 24 rings (SSSR count). The Hall–Kier alpha value is -16.1. The van der Waals surface area contributed by atoms with E-state index in [9.17, 15) is 21.0 Å². The van der Waals surface area contributed by atoms with Gasteiger partial charge in [-0.1, -0.05) is 200 Å². The fourth-order valence-electron chi connectivity index (χ4n) is 20.5. The van der Waals surface area contributed by atoms with Crippen LogP contribution in [0.1, 0.15) is 27.8 Å². The number of para-hydroxylation sites is 7. The Morgan fingerprint density at radius 1 is 0.224 bits per heavy atom. The number of hydrogen-bond acceptors (Lipinski definition) is 4. The summed E-state index contributed by atoms with van der Waals surface area (Å²) < 4.78 is 19.0. The van der Waals surface area contributed by atoms with Crippen molar-refractivity contribution in [1.82, 2.24) is 36.5 Å². The third-order valence-corrected chi connectivity index (χ3v) is 25.2. The van der Waals surface area contributed by atoms with Gasteiger partial charge in [0.2, 0.25) is 0 Å². The summed E-state index contributed by atoms with van der Waals surface area (Å²) in [6.45, 7) is 0.500. The highest BCUT2D eigenvalue weighted by Crippen LogP contribution is 2.52. The molecule has 0 saturated heterocycles. The van der Waals surface area contributed by atoms with Gasteiger partial charge in [-0.2, -0.15) is 21.0 Å². The highest BCUT2D eigenvalue weighted by Gasteiger charge is 2.32. The fourth-order valence-corrected chi connectivity index (χ4v) is 20.5. The van der Waals surface area contributed by atoms with Gasteiger partial charge in [0.05, 0.1) is 135 Å². The van der Waals surface area contributed by atoms with Crippen LogP contribution in [0.4, 0.5) is 0 Å². The molecule has 0 unspecified atom stereocenters. The molecule has 0 aliphatic rings. The van der Waals surface area contributed by atoms with Crippen molar-refractivity contribution >= 4 is 174 Å². The Labute approximate surface area is 662 Å². The average molecular weight is 1480 g/mol. The third kappa shape index (κ3) is 8.60. The number of fused-ring (bicyclic) bond motifs is 28. The van der Waals surface area contributed by atoms with E-state index in [1.807, 2.05) is 48.5 Å². The van der Waals surface area contributed by atoms with Crippen LogP contribution >= 0.6 is 0 Å². The van der Waals surface area contributed by atoms with Crippen molar-refractivity contribution in [2.24, 2.45) is 21.1 Å². The highest BCUT2D eigenvalue weighted by atomic mass is 15.1. The lowest BCUT2D eigenvalue weighted by Gasteiger charge is -2.21. The van der Waals surface area contributed by atoms with E-state index in [2.05, 4.69) is 343 Å². The standard InChI is InChI=1S/C104H62N12/c1-109-81-34-12-9-31-77(81)97-88(109)47-45-72-68-27-5-14-36-83(68)113(99(72)97)90-51-62(57-107)52-91(95(90)64-23-18-21-60(49-64)55-105)114-84-37-15-6-28-69(84)73-46-48-89-98(100(73)114)78-32-10-13-35-82(78)112(89)59-66-25-20-40-87-94(66)79-44-43-76-71-30-8-17-39-86(71)116(104(76)102(79)111(87)3)93-54-63(58-108)53-92(96(93)65-24-19-22-61(50-65)56-106)115-85-38-16-7-29-70(85)75-42-41-74-67-26-4-11-33-80(67)110(2)101(74)103(75)115/h4-54H,59H2,1-3H3. The van der Waals surface area contributed by atoms with Crippen LogP contribution in [0.3, 0.4) is 0 Å². The lowest BCUT2D eigenvalue weighted by Crippen LogP contribution is -2.06. The maximum Gasteiger partial charge on any atom is 0.0993 e. The summed E-state index contributed by atoms with van der Waals surface area (Å²) in [5, 5.41) is 62.4. The summed E-state index contributed by atoms with van der Waals surface area (Å²) in [4.78, 5) is 0. The minimum Gasteiger partial charge on any atom is -0.344 e. The maximum atomic E-state index is 11.6. The first-order chi connectivity index (χ1) is 57.2. The molecule has 0 spiro atoms. The molecule has 12 nitrogen and oxygen atoms in total. The quantitative estimate of drug-likeness (QED) is 0.150. The van der Waals surface area contributed by atoms with Crippen molar-refractivity contribution in [1.29, 1.82) is 21.0 Å². The maximum absolute atomic E-state index is 11.6. The predicted octanol–water partition coefficient (Wildman–Crippen LogP) is 25.0. The lowest BCUT2D eigenvalue weighted by atomic mass is 9.96. The van der Waals surface area contributed by atoms with E-state index < -0.39 is 0 Å². The third-order valence-electron chi connectivity index (χ3n) is 25.2. The number of aryl methyl sites for hydroxylation is 3. The number of hydrogen-bond donors (Lipinski definition) is 0. The van der Waals surface area contributed by atoms with Crippen LogP contribution in [0.5, 0.6) is 0 Å².